The zero-order valence-electron chi connectivity index (χ0n) is 18.1. The minimum Gasteiger partial charge on any atom is -0.496 e. The number of carbonyl (C=O) groups excluding carboxylic acids is 1. The lowest BCUT2D eigenvalue weighted by Gasteiger charge is -2.26. The number of benzene rings is 2. The molecule has 4 rings (SSSR count). The molecule has 0 saturated carbocycles. The average molecular weight is 425 g/mol. The van der Waals surface area contributed by atoms with Crippen LogP contribution in [0.1, 0.15) is 30.0 Å². The number of fused-ring (bicyclic) bond motifs is 1. The Bertz CT molecular complexity index is 986. The van der Waals surface area contributed by atoms with Crippen molar-refractivity contribution in [3.63, 3.8) is 0 Å². The van der Waals surface area contributed by atoms with Gasteiger partial charge in [-0.1, -0.05) is 6.07 Å². The van der Waals surface area contributed by atoms with E-state index in [1.54, 1.807) is 45.6 Å². The van der Waals surface area contributed by atoms with Crippen LogP contribution in [-0.4, -0.2) is 51.9 Å². The molecule has 0 aromatic heterocycles. The van der Waals surface area contributed by atoms with Gasteiger partial charge in [-0.15, -0.1) is 0 Å². The second kappa shape index (κ2) is 9.20. The maximum Gasteiger partial charge on any atom is 0.247 e. The van der Waals surface area contributed by atoms with Gasteiger partial charge < -0.3 is 28.6 Å². The van der Waals surface area contributed by atoms with E-state index < -0.39 is 0 Å². The van der Waals surface area contributed by atoms with Crippen molar-refractivity contribution >= 4 is 12.0 Å². The average Bonchev–Trinajstić information content (AvgIpc) is 3.31. The molecule has 2 aliphatic heterocycles. The van der Waals surface area contributed by atoms with Crippen molar-refractivity contribution in [2.75, 3.05) is 41.1 Å². The highest BCUT2D eigenvalue weighted by Crippen LogP contribution is 2.39. The lowest BCUT2D eigenvalue weighted by atomic mass is 10.0. The highest BCUT2D eigenvalue weighted by atomic mass is 16.6. The van der Waals surface area contributed by atoms with Crippen LogP contribution in [0.25, 0.3) is 6.08 Å². The van der Waals surface area contributed by atoms with Crippen LogP contribution in [0.2, 0.25) is 0 Å². The minimum absolute atomic E-state index is 0.0141. The minimum atomic E-state index is -0.0470. The summed E-state index contributed by atoms with van der Waals surface area (Å²) in [5.74, 6) is 3.20. The quantitative estimate of drug-likeness (QED) is 0.655. The van der Waals surface area contributed by atoms with Crippen LogP contribution in [0.3, 0.4) is 0 Å². The van der Waals surface area contributed by atoms with E-state index in [1.807, 2.05) is 23.1 Å². The molecule has 2 heterocycles. The first-order chi connectivity index (χ1) is 15.1. The van der Waals surface area contributed by atoms with Crippen molar-refractivity contribution in [2.45, 2.75) is 18.9 Å². The number of nitrogens with zero attached hydrogens (tertiary/aromatic N) is 1. The molecule has 7 heteroatoms. The molecular formula is C24H27NO6. The Labute approximate surface area is 182 Å². The summed E-state index contributed by atoms with van der Waals surface area (Å²) in [5.41, 5.74) is 1.80. The van der Waals surface area contributed by atoms with Gasteiger partial charge in [0.25, 0.3) is 0 Å². The van der Waals surface area contributed by atoms with Crippen LogP contribution in [0.4, 0.5) is 0 Å². The van der Waals surface area contributed by atoms with Gasteiger partial charge in [-0.3, -0.25) is 4.79 Å². The summed E-state index contributed by atoms with van der Waals surface area (Å²) in [6.45, 7) is 1.82. The first kappa shape index (κ1) is 20.9. The lowest BCUT2D eigenvalue weighted by Crippen LogP contribution is -2.29. The molecule has 31 heavy (non-hydrogen) atoms. The van der Waals surface area contributed by atoms with E-state index >= 15 is 0 Å². The van der Waals surface area contributed by atoms with Crippen LogP contribution in [0.15, 0.2) is 36.4 Å². The Morgan fingerprint density at radius 3 is 2.42 bits per heavy atom. The first-order valence-electron chi connectivity index (χ1n) is 10.3. The van der Waals surface area contributed by atoms with Gasteiger partial charge in [0.1, 0.15) is 19.0 Å². The van der Waals surface area contributed by atoms with Crippen LogP contribution in [-0.2, 0) is 4.79 Å². The van der Waals surface area contributed by atoms with Crippen molar-refractivity contribution in [1.82, 2.24) is 4.90 Å². The number of rotatable bonds is 6. The maximum atomic E-state index is 13.1. The molecule has 7 nitrogen and oxygen atoms in total. The predicted octanol–water partition coefficient (Wildman–Crippen LogP) is 3.86. The summed E-state index contributed by atoms with van der Waals surface area (Å²) in [7, 11) is 4.73. The molecule has 0 N–H and O–H groups in total. The number of likely N-dealkylation sites (tertiary alicyclic amines) is 1. The summed E-state index contributed by atoms with van der Waals surface area (Å²) in [4.78, 5) is 15.0. The van der Waals surface area contributed by atoms with Crippen molar-refractivity contribution in [1.29, 1.82) is 0 Å². The normalized spacial score (nSPS) is 17.6. The van der Waals surface area contributed by atoms with Crippen LogP contribution < -0.4 is 23.7 Å². The van der Waals surface area contributed by atoms with Gasteiger partial charge in [-0.25, -0.2) is 0 Å². The van der Waals surface area contributed by atoms with Gasteiger partial charge in [-0.05, 0) is 42.7 Å². The molecule has 1 fully saturated rings. The largest absolute Gasteiger partial charge is 0.496 e. The smallest absolute Gasteiger partial charge is 0.247 e. The van der Waals surface area contributed by atoms with Gasteiger partial charge in [-0.2, -0.15) is 0 Å². The fourth-order valence-corrected chi connectivity index (χ4v) is 4.08. The van der Waals surface area contributed by atoms with E-state index in [2.05, 4.69) is 0 Å². The summed E-state index contributed by atoms with van der Waals surface area (Å²) in [6, 6.07) is 9.49. The van der Waals surface area contributed by atoms with Crippen LogP contribution >= 0.6 is 0 Å². The number of methoxy groups -OCH3 is 3. The van der Waals surface area contributed by atoms with Gasteiger partial charge in [0, 0.05) is 24.3 Å². The molecule has 2 aliphatic rings. The van der Waals surface area contributed by atoms with Crippen molar-refractivity contribution in [3.05, 3.63) is 47.5 Å². The van der Waals surface area contributed by atoms with Crippen molar-refractivity contribution in [3.8, 4) is 28.7 Å². The summed E-state index contributed by atoms with van der Waals surface area (Å²) in [5, 5.41) is 0. The Kier molecular flexibility index (Phi) is 6.21. The molecular weight excluding hydrogens is 398 g/mol. The maximum absolute atomic E-state index is 13.1. The summed E-state index contributed by atoms with van der Waals surface area (Å²) >= 11 is 0. The summed E-state index contributed by atoms with van der Waals surface area (Å²) in [6.07, 6.45) is 5.21. The topological polar surface area (TPSA) is 66.5 Å². The number of ether oxygens (including phenoxy) is 5. The molecule has 0 aliphatic carbocycles. The molecule has 1 amide bonds. The van der Waals surface area contributed by atoms with Gasteiger partial charge >= 0.3 is 0 Å². The van der Waals surface area contributed by atoms with E-state index in [0.29, 0.717) is 37.0 Å². The molecule has 164 valence electrons. The fraction of sp³-hybridized carbons (Fsp3) is 0.375. The van der Waals surface area contributed by atoms with E-state index in [0.717, 1.165) is 35.5 Å². The molecule has 2 aromatic rings. The molecule has 0 bridgehead atoms. The third-order valence-corrected chi connectivity index (χ3v) is 5.63. The second-order valence-electron chi connectivity index (χ2n) is 7.38. The standard InChI is InChI=1S/C24H27NO6/c1-27-20-15-22(29-3)21(28-2)14-17(20)7-9-24(26)25-10-4-5-18(25)16-6-8-19-23(13-16)31-12-11-30-19/h6-9,13-15,18H,4-5,10-12H2,1-3H3/b9-7+. The Morgan fingerprint density at radius 1 is 0.968 bits per heavy atom. The van der Waals surface area contributed by atoms with E-state index in [1.165, 1.54) is 0 Å². The number of amides is 1. The number of hydrogen-bond acceptors (Lipinski definition) is 6. The molecule has 1 saturated heterocycles. The summed E-state index contributed by atoms with van der Waals surface area (Å²) < 4.78 is 27.5. The monoisotopic (exact) mass is 425 g/mol. The SMILES string of the molecule is COc1cc(OC)c(OC)cc1/C=C/C(=O)N1CCCC1c1ccc2c(c1)OCCO2. The number of carbonyl (C=O) groups is 1. The molecule has 0 radical (unpaired) electrons. The zero-order valence-corrected chi connectivity index (χ0v) is 18.1. The third kappa shape index (κ3) is 4.26. The lowest BCUT2D eigenvalue weighted by molar-refractivity contribution is -0.126. The number of hydrogen-bond donors (Lipinski definition) is 0. The highest BCUT2D eigenvalue weighted by Gasteiger charge is 2.30. The molecule has 1 unspecified atom stereocenters. The Morgan fingerprint density at radius 2 is 1.68 bits per heavy atom. The van der Waals surface area contributed by atoms with Gasteiger partial charge in [0.2, 0.25) is 5.91 Å². The first-order valence-corrected chi connectivity index (χ1v) is 10.3. The van der Waals surface area contributed by atoms with E-state index in [-0.39, 0.29) is 11.9 Å². The molecule has 2 aromatic carbocycles. The third-order valence-electron chi connectivity index (χ3n) is 5.63. The Balaban J connectivity index is 1.55. The second-order valence-corrected chi connectivity index (χ2v) is 7.38. The van der Waals surface area contributed by atoms with Gasteiger partial charge in [0.15, 0.2) is 23.0 Å². The van der Waals surface area contributed by atoms with Crippen LogP contribution in [0.5, 0.6) is 28.7 Å². The Hall–Kier alpha value is -3.35. The highest BCUT2D eigenvalue weighted by molar-refractivity contribution is 5.92. The molecule has 1 atom stereocenters. The van der Waals surface area contributed by atoms with E-state index in [4.69, 9.17) is 23.7 Å². The fourth-order valence-electron chi connectivity index (χ4n) is 4.08. The predicted molar refractivity (Wildman–Crippen MR) is 116 cm³/mol. The molecule has 0 spiro atoms. The van der Waals surface area contributed by atoms with Crippen molar-refractivity contribution < 1.29 is 28.5 Å². The zero-order chi connectivity index (χ0) is 21.8. The van der Waals surface area contributed by atoms with Crippen LogP contribution in [0, 0.1) is 0 Å². The van der Waals surface area contributed by atoms with Crippen molar-refractivity contribution in [2.24, 2.45) is 0 Å². The van der Waals surface area contributed by atoms with E-state index in [9.17, 15) is 4.79 Å². The van der Waals surface area contributed by atoms with Gasteiger partial charge in [0.05, 0.1) is 27.4 Å².